The lowest BCUT2D eigenvalue weighted by Crippen LogP contribution is -2.43. The molecule has 0 aliphatic rings. The van der Waals surface area contributed by atoms with Crippen LogP contribution in [-0.4, -0.2) is 37.1 Å². The number of ether oxygens (including phenoxy) is 1. The van der Waals surface area contributed by atoms with Crippen molar-refractivity contribution in [1.82, 2.24) is 4.90 Å². The highest BCUT2D eigenvalue weighted by Gasteiger charge is 2.26. The smallest absolute Gasteiger partial charge is 0.323 e. The van der Waals surface area contributed by atoms with Crippen molar-refractivity contribution in [2.24, 2.45) is 5.41 Å². The molecule has 0 saturated heterocycles. The summed E-state index contributed by atoms with van der Waals surface area (Å²) in [6, 6.07) is -0.0934. The van der Waals surface area contributed by atoms with Crippen molar-refractivity contribution >= 4 is 5.97 Å². The molecule has 0 amide bonds. The third kappa shape index (κ3) is 6.11. The number of carbonyl (C=O) groups is 1. The lowest BCUT2D eigenvalue weighted by Gasteiger charge is -2.31. The highest BCUT2D eigenvalue weighted by molar-refractivity contribution is 5.75. The monoisotopic (exact) mass is 229 g/mol. The van der Waals surface area contributed by atoms with Gasteiger partial charge in [-0.15, -0.1) is 0 Å². The van der Waals surface area contributed by atoms with Crippen LogP contribution < -0.4 is 0 Å². The van der Waals surface area contributed by atoms with Crippen molar-refractivity contribution in [3.63, 3.8) is 0 Å². The summed E-state index contributed by atoms with van der Waals surface area (Å²) < 4.78 is 5.11. The average molecular weight is 229 g/mol. The number of rotatable bonds is 6. The van der Waals surface area contributed by atoms with Crippen LogP contribution in [0.15, 0.2) is 0 Å². The first-order chi connectivity index (χ1) is 7.31. The van der Waals surface area contributed by atoms with Gasteiger partial charge in [-0.1, -0.05) is 34.1 Å². The summed E-state index contributed by atoms with van der Waals surface area (Å²) in [4.78, 5) is 13.9. The molecule has 0 aliphatic carbocycles. The van der Waals surface area contributed by atoms with Gasteiger partial charge in [-0.25, -0.2) is 0 Å². The standard InChI is InChI=1S/C13H27NO2/c1-7-9-11(12(15)16-8-2)14(6)10-13(3,4)5/h11H,7-10H2,1-6H3. The lowest BCUT2D eigenvalue weighted by atomic mass is 9.95. The molecular formula is C13H27NO2. The van der Waals surface area contributed by atoms with E-state index in [-0.39, 0.29) is 17.4 Å². The van der Waals surface area contributed by atoms with E-state index in [2.05, 4.69) is 32.6 Å². The van der Waals surface area contributed by atoms with Crippen molar-refractivity contribution < 1.29 is 9.53 Å². The largest absolute Gasteiger partial charge is 0.465 e. The van der Waals surface area contributed by atoms with Gasteiger partial charge >= 0.3 is 5.97 Å². The summed E-state index contributed by atoms with van der Waals surface area (Å²) >= 11 is 0. The minimum Gasteiger partial charge on any atom is -0.465 e. The van der Waals surface area contributed by atoms with E-state index >= 15 is 0 Å². The van der Waals surface area contributed by atoms with E-state index in [1.807, 2.05) is 14.0 Å². The Kier molecular flexibility index (Phi) is 6.65. The van der Waals surface area contributed by atoms with Gasteiger partial charge in [0.25, 0.3) is 0 Å². The Balaban J connectivity index is 4.45. The van der Waals surface area contributed by atoms with Crippen LogP contribution in [0.5, 0.6) is 0 Å². The quantitative estimate of drug-likeness (QED) is 0.656. The Hall–Kier alpha value is -0.570. The fourth-order valence-corrected chi connectivity index (χ4v) is 1.89. The normalized spacial score (nSPS) is 13.9. The molecule has 0 aromatic heterocycles. The topological polar surface area (TPSA) is 29.5 Å². The van der Waals surface area contributed by atoms with Crippen molar-refractivity contribution in [2.75, 3.05) is 20.2 Å². The first-order valence-electron chi connectivity index (χ1n) is 6.18. The van der Waals surface area contributed by atoms with Gasteiger partial charge in [-0.2, -0.15) is 0 Å². The van der Waals surface area contributed by atoms with Crippen molar-refractivity contribution in [2.45, 2.75) is 53.5 Å². The van der Waals surface area contributed by atoms with E-state index in [1.165, 1.54) is 0 Å². The highest BCUT2D eigenvalue weighted by atomic mass is 16.5. The predicted molar refractivity (Wildman–Crippen MR) is 67.4 cm³/mol. The van der Waals surface area contributed by atoms with Crippen LogP contribution in [-0.2, 0) is 9.53 Å². The molecule has 0 fully saturated rings. The number of esters is 1. The van der Waals surface area contributed by atoms with E-state index in [4.69, 9.17) is 4.74 Å². The summed E-state index contributed by atoms with van der Waals surface area (Å²) in [5, 5.41) is 0. The fraction of sp³-hybridized carbons (Fsp3) is 0.923. The second kappa shape index (κ2) is 6.89. The van der Waals surface area contributed by atoms with Crippen LogP contribution in [0.1, 0.15) is 47.5 Å². The molecule has 0 aliphatic heterocycles. The summed E-state index contributed by atoms with van der Waals surface area (Å²) in [5.74, 6) is -0.0869. The second-order valence-electron chi connectivity index (χ2n) is 5.53. The summed E-state index contributed by atoms with van der Waals surface area (Å²) in [7, 11) is 2.00. The Morgan fingerprint density at radius 3 is 2.25 bits per heavy atom. The number of hydrogen-bond donors (Lipinski definition) is 0. The summed E-state index contributed by atoms with van der Waals surface area (Å²) in [6.45, 7) is 11.8. The van der Waals surface area contributed by atoms with Crippen LogP contribution in [0, 0.1) is 5.41 Å². The molecule has 0 aromatic rings. The van der Waals surface area contributed by atoms with E-state index in [0.717, 1.165) is 19.4 Å². The molecule has 1 atom stereocenters. The zero-order valence-electron chi connectivity index (χ0n) is 11.7. The molecule has 0 radical (unpaired) electrons. The van der Waals surface area contributed by atoms with Gasteiger partial charge < -0.3 is 4.74 Å². The van der Waals surface area contributed by atoms with Gasteiger partial charge in [0.05, 0.1) is 6.61 Å². The summed E-state index contributed by atoms with van der Waals surface area (Å²) in [5.41, 5.74) is 0.202. The molecule has 0 spiro atoms. The first kappa shape index (κ1) is 15.4. The molecule has 0 bridgehead atoms. The Morgan fingerprint density at radius 1 is 1.31 bits per heavy atom. The maximum absolute atomic E-state index is 11.8. The number of nitrogens with zero attached hydrogens (tertiary/aromatic N) is 1. The maximum Gasteiger partial charge on any atom is 0.323 e. The zero-order chi connectivity index (χ0) is 12.8. The van der Waals surface area contributed by atoms with Crippen molar-refractivity contribution in [3.8, 4) is 0 Å². The second-order valence-corrected chi connectivity index (χ2v) is 5.53. The van der Waals surface area contributed by atoms with Gasteiger partial charge in [0, 0.05) is 6.54 Å². The van der Waals surface area contributed by atoms with E-state index in [0.29, 0.717) is 6.61 Å². The predicted octanol–water partition coefficient (Wildman–Crippen LogP) is 2.70. The maximum atomic E-state index is 11.8. The number of carbonyl (C=O) groups excluding carboxylic acids is 1. The molecule has 16 heavy (non-hydrogen) atoms. The first-order valence-corrected chi connectivity index (χ1v) is 6.18. The minimum absolute atomic E-state index is 0.0869. The van der Waals surface area contributed by atoms with Crippen LogP contribution in [0.3, 0.4) is 0 Å². The van der Waals surface area contributed by atoms with Gasteiger partial charge in [0.15, 0.2) is 0 Å². The molecule has 3 heteroatoms. The lowest BCUT2D eigenvalue weighted by molar-refractivity contribution is -0.149. The minimum atomic E-state index is -0.0934. The molecule has 1 unspecified atom stereocenters. The molecular weight excluding hydrogens is 202 g/mol. The Morgan fingerprint density at radius 2 is 1.88 bits per heavy atom. The molecule has 0 rings (SSSR count). The zero-order valence-corrected chi connectivity index (χ0v) is 11.7. The average Bonchev–Trinajstić information content (AvgIpc) is 2.11. The molecule has 96 valence electrons. The van der Waals surface area contributed by atoms with Crippen LogP contribution >= 0.6 is 0 Å². The van der Waals surface area contributed by atoms with E-state index in [9.17, 15) is 4.79 Å². The van der Waals surface area contributed by atoms with Gasteiger partial charge in [-0.3, -0.25) is 9.69 Å². The van der Waals surface area contributed by atoms with Gasteiger partial charge in [-0.05, 0) is 25.8 Å². The van der Waals surface area contributed by atoms with Crippen LogP contribution in [0.25, 0.3) is 0 Å². The van der Waals surface area contributed by atoms with E-state index < -0.39 is 0 Å². The van der Waals surface area contributed by atoms with Crippen LogP contribution in [0.4, 0.5) is 0 Å². The molecule has 0 saturated carbocycles. The van der Waals surface area contributed by atoms with Gasteiger partial charge in [0.1, 0.15) is 6.04 Å². The van der Waals surface area contributed by atoms with Crippen LogP contribution in [0.2, 0.25) is 0 Å². The molecule has 0 heterocycles. The third-order valence-corrected chi connectivity index (χ3v) is 2.38. The number of likely N-dealkylation sites (N-methyl/N-ethyl adjacent to an activating group) is 1. The molecule has 0 aromatic carbocycles. The fourth-order valence-electron chi connectivity index (χ4n) is 1.89. The number of hydrogen-bond acceptors (Lipinski definition) is 3. The Bertz CT molecular complexity index is 208. The van der Waals surface area contributed by atoms with Crippen molar-refractivity contribution in [1.29, 1.82) is 0 Å². The molecule has 0 N–H and O–H groups in total. The summed E-state index contributed by atoms with van der Waals surface area (Å²) in [6.07, 6.45) is 1.86. The van der Waals surface area contributed by atoms with E-state index in [1.54, 1.807) is 0 Å². The third-order valence-electron chi connectivity index (χ3n) is 2.38. The highest BCUT2D eigenvalue weighted by Crippen LogP contribution is 2.18. The SMILES string of the molecule is CCCC(C(=O)OCC)N(C)CC(C)(C)C. The van der Waals surface area contributed by atoms with Gasteiger partial charge in [0.2, 0.25) is 0 Å². The Labute approximate surface area is 100 Å². The van der Waals surface area contributed by atoms with Crippen molar-refractivity contribution in [3.05, 3.63) is 0 Å². The molecule has 3 nitrogen and oxygen atoms in total.